The fourth-order valence-corrected chi connectivity index (χ4v) is 5.29. The molecule has 1 fully saturated rings. The highest BCUT2D eigenvalue weighted by Gasteiger charge is 2.26. The summed E-state index contributed by atoms with van der Waals surface area (Å²) in [5, 5.41) is 15.2. The number of nitrogens with zero attached hydrogens (tertiary/aromatic N) is 5. The van der Waals surface area contributed by atoms with Gasteiger partial charge in [-0.3, -0.25) is 18.8 Å². The van der Waals surface area contributed by atoms with Gasteiger partial charge in [-0.25, -0.2) is 4.79 Å². The van der Waals surface area contributed by atoms with Gasteiger partial charge in [0.25, 0.3) is 0 Å². The summed E-state index contributed by atoms with van der Waals surface area (Å²) in [7, 11) is 3.73. The molecule has 0 saturated heterocycles. The van der Waals surface area contributed by atoms with E-state index in [2.05, 4.69) is 46.5 Å². The normalized spacial score (nSPS) is 18.7. The largest absolute Gasteiger partial charge is 0.393 e. The quantitative estimate of drug-likeness (QED) is 0.438. The Bertz CT molecular complexity index is 1570. The third-order valence-corrected chi connectivity index (χ3v) is 7.20. The van der Waals surface area contributed by atoms with Crippen LogP contribution in [0.4, 0.5) is 0 Å². The molecule has 172 valence electrons. The van der Waals surface area contributed by atoms with Gasteiger partial charge < -0.3 is 5.11 Å². The van der Waals surface area contributed by atoms with Crippen molar-refractivity contribution in [2.75, 3.05) is 0 Å². The zero-order valence-electron chi connectivity index (χ0n) is 19.3. The zero-order valence-corrected chi connectivity index (χ0v) is 19.3. The number of hydrogen-bond acceptors (Lipinski definition) is 4. The number of aryl methyl sites for hydroxylation is 2. The molecule has 1 saturated carbocycles. The Kier molecular flexibility index (Phi) is 4.88. The molecule has 6 rings (SSSR count). The number of fused-ring (bicyclic) bond motifs is 3. The topological polar surface area (TPSA) is 77.9 Å². The molecule has 7 heteroatoms. The lowest BCUT2D eigenvalue weighted by Crippen LogP contribution is -2.29. The van der Waals surface area contributed by atoms with Crippen molar-refractivity contribution >= 4 is 21.9 Å². The third kappa shape index (κ3) is 3.35. The van der Waals surface area contributed by atoms with E-state index in [1.54, 1.807) is 15.4 Å². The van der Waals surface area contributed by atoms with Crippen LogP contribution in [-0.4, -0.2) is 35.1 Å². The highest BCUT2D eigenvalue weighted by molar-refractivity contribution is 6.04. The molecule has 34 heavy (non-hydrogen) atoms. The van der Waals surface area contributed by atoms with E-state index in [4.69, 9.17) is 0 Å². The van der Waals surface area contributed by atoms with Gasteiger partial charge in [-0.15, -0.1) is 0 Å². The van der Waals surface area contributed by atoms with Gasteiger partial charge in [0.1, 0.15) is 0 Å². The van der Waals surface area contributed by atoms with Crippen LogP contribution in [-0.2, 0) is 14.1 Å². The van der Waals surface area contributed by atoms with Gasteiger partial charge >= 0.3 is 5.69 Å². The van der Waals surface area contributed by atoms with Gasteiger partial charge in [0.05, 0.1) is 35.0 Å². The van der Waals surface area contributed by atoms with Crippen molar-refractivity contribution < 1.29 is 5.11 Å². The van der Waals surface area contributed by atoms with Crippen LogP contribution in [0.2, 0.25) is 0 Å². The summed E-state index contributed by atoms with van der Waals surface area (Å²) in [6.07, 6.45) is 8.48. The first kappa shape index (κ1) is 20.9. The standard InChI is InChI=1S/C27H27N5O2/c1-30-16-20(14-29-30)18-5-3-17(4-6-18)19-7-12-24-23(13-19)26-25(15-28-24)31(2)27(34)32(26)21-8-10-22(33)11-9-21/h3-7,12-16,21-22,33H,8-11H2,1-2H3/t21-,22-. The summed E-state index contributed by atoms with van der Waals surface area (Å²) in [5.41, 5.74) is 7.04. The minimum atomic E-state index is -0.262. The van der Waals surface area contributed by atoms with E-state index in [1.165, 1.54) is 0 Å². The molecule has 0 aliphatic heterocycles. The fraction of sp³-hybridized carbons (Fsp3) is 0.296. The molecule has 7 nitrogen and oxygen atoms in total. The molecule has 2 aromatic carbocycles. The summed E-state index contributed by atoms with van der Waals surface area (Å²) in [4.78, 5) is 17.9. The molecule has 0 spiro atoms. The molecule has 1 N–H and O–H groups in total. The summed E-state index contributed by atoms with van der Waals surface area (Å²) in [6.45, 7) is 0. The summed E-state index contributed by atoms with van der Waals surface area (Å²) < 4.78 is 5.44. The number of aromatic nitrogens is 5. The molecule has 0 bridgehead atoms. The second-order valence-electron chi connectivity index (χ2n) is 9.38. The second kappa shape index (κ2) is 7.95. The molecule has 0 atom stereocenters. The van der Waals surface area contributed by atoms with Crippen LogP contribution in [0.3, 0.4) is 0 Å². The molecule has 1 aliphatic carbocycles. The van der Waals surface area contributed by atoms with E-state index >= 15 is 0 Å². The number of aliphatic hydroxyl groups is 1. The van der Waals surface area contributed by atoms with Crippen LogP contribution < -0.4 is 5.69 Å². The Balaban J connectivity index is 1.48. The average Bonchev–Trinajstić information content (AvgIpc) is 3.41. The summed E-state index contributed by atoms with van der Waals surface area (Å²) >= 11 is 0. The Morgan fingerprint density at radius 2 is 1.56 bits per heavy atom. The van der Waals surface area contributed by atoms with Crippen molar-refractivity contribution in [1.82, 2.24) is 23.9 Å². The van der Waals surface area contributed by atoms with E-state index in [0.717, 1.165) is 69.9 Å². The minimum absolute atomic E-state index is 0.0167. The predicted molar refractivity (Wildman–Crippen MR) is 134 cm³/mol. The monoisotopic (exact) mass is 453 g/mol. The van der Waals surface area contributed by atoms with Crippen LogP contribution in [0.25, 0.3) is 44.2 Å². The van der Waals surface area contributed by atoms with E-state index in [1.807, 2.05) is 37.1 Å². The lowest BCUT2D eigenvalue weighted by molar-refractivity contribution is 0.111. The lowest BCUT2D eigenvalue weighted by Gasteiger charge is -2.26. The molecular weight excluding hydrogens is 426 g/mol. The number of hydrogen-bond donors (Lipinski definition) is 1. The number of rotatable bonds is 3. The van der Waals surface area contributed by atoms with Crippen molar-refractivity contribution in [3.05, 3.63) is 71.5 Å². The van der Waals surface area contributed by atoms with Gasteiger partial charge in [-0.05, 0) is 54.5 Å². The molecule has 0 radical (unpaired) electrons. The minimum Gasteiger partial charge on any atom is -0.393 e. The maximum atomic E-state index is 13.3. The van der Waals surface area contributed by atoms with E-state index in [0.29, 0.717) is 0 Å². The first-order chi connectivity index (χ1) is 16.5. The lowest BCUT2D eigenvalue weighted by atomic mass is 9.92. The zero-order chi connectivity index (χ0) is 23.4. The maximum Gasteiger partial charge on any atom is 0.329 e. The van der Waals surface area contributed by atoms with Gasteiger partial charge in [0.15, 0.2) is 0 Å². The Hall–Kier alpha value is -3.71. The Labute approximate surface area is 196 Å². The molecule has 0 amide bonds. The number of benzene rings is 2. The number of pyridine rings is 1. The Morgan fingerprint density at radius 1 is 0.882 bits per heavy atom. The molecule has 5 aromatic rings. The van der Waals surface area contributed by atoms with Crippen LogP contribution in [0, 0.1) is 0 Å². The van der Waals surface area contributed by atoms with Gasteiger partial charge in [-0.2, -0.15) is 5.10 Å². The highest BCUT2D eigenvalue weighted by atomic mass is 16.3. The van der Waals surface area contributed by atoms with E-state index < -0.39 is 0 Å². The van der Waals surface area contributed by atoms with Gasteiger partial charge in [0, 0.05) is 37.3 Å². The van der Waals surface area contributed by atoms with Crippen molar-refractivity contribution in [2.45, 2.75) is 37.8 Å². The first-order valence-corrected chi connectivity index (χ1v) is 11.8. The first-order valence-electron chi connectivity index (χ1n) is 11.8. The second-order valence-corrected chi connectivity index (χ2v) is 9.38. The SMILES string of the molecule is Cn1cc(-c2ccc(-c3ccc4ncc5c(c4c3)n([C@H]3CC[C@H](O)CC3)c(=O)n5C)cc2)cn1. The summed E-state index contributed by atoms with van der Waals surface area (Å²) in [6, 6.07) is 14.8. The Morgan fingerprint density at radius 3 is 2.24 bits per heavy atom. The highest BCUT2D eigenvalue weighted by Crippen LogP contribution is 2.34. The van der Waals surface area contributed by atoms with Crippen LogP contribution >= 0.6 is 0 Å². The predicted octanol–water partition coefficient (Wildman–Crippen LogP) is 4.43. The maximum absolute atomic E-state index is 13.3. The smallest absolute Gasteiger partial charge is 0.329 e. The van der Waals surface area contributed by atoms with E-state index in [9.17, 15) is 9.90 Å². The van der Waals surface area contributed by atoms with Gasteiger partial charge in [-0.1, -0.05) is 30.3 Å². The third-order valence-electron chi connectivity index (χ3n) is 7.20. The van der Waals surface area contributed by atoms with Crippen LogP contribution in [0.15, 0.2) is 65.8 Å². The van der Waals surface area contributed by atoms with Crippen LogP contribution in [0.1, 0.15) is 31.7 Å². The van der Waals surface area contributed by atoms with Crippen molar-refractivity contribution in [3.63, 3.8) is 0 Å². The van der Waals surface area contributed by atoms with Gasteiger partial charge in [0.2, 0.25) is 0 Å². The molecule has 3 aromatic heterocycles. The number of imidazole rings is 1. The average molecular weight is 454 g/mol. The van der Waals surface area contributed by atoms with Crippen LogP contribution in [0.5, 0.6) is 0 Å². The molecule has 1 aliphatic rings. The van der Waals surface area contributed by atoms with E-state index in [-0.39, 0.29) is 17.8 Å². The molecule has 0 unspecified atom stereocenters. The van der Waals surface area contributed by atoms with Crippen molar-refractivity contribution in [2.24, 2.45) is 14.1 Å². The molecular formula is C27H27N5O2. The fourth-order valence-electron chi connectivity index (χ4n) is 5.29. The summed E-state index contributed by atoms with van der Waals surface area (Å²) in [5.74, 6) is 0. The molecule has 3 heterocycles. The van der Waals surface area contributed by atoms with Crippen molar-refractivity contribution in [1.29, 1.82) is 0 Å². The van der Waals surface area contributed by atoms with Crippen molar-refractivity contribution in [3.8, 4) is 22.3 Å². The number of aliphatic hydroxyl groups excluding tert-OH is 1.